The van der Waals surface area contributed by atoms with Gasteiger partial charge in [-0.25, -0.2) is 13.4 Å². The predicted octanol–water partition coefficient (Wildman–Crippen LogP) is 0.910. The van der Waals surface area contributed by atoms with Crippen LogP contribution in [0.3, 0.4) is 0 Å². The Morgan fingerprint density at radius 3 is 2.84 bits per heavy atom. The van der Waals surface area contributed by atoms with Gasteiger partial charge in [0, 0.05) is 18.3 Å². The van der Waals surface area contributed by atoms with Gasteiger partial charge in [0.2, 0.25) is 0 Å². The van der Waals surface area contributed by atoms with E-state index in [1.54, 1.807) is 0 Å². The molecule has 1 saturated heterocycles. The molecular weight excluding hydrogens is 342 g/mol. The Kier molecular flexibility index (Phi) is 4.71. The highest BCUT2D eigenvalue weighted by atomic mass is 32.2. The number of nitrogens with zero attached hydrogens (tertiary/aromatic N) is 1. The molecule has 1 aliphatic heterocycles. The third-order valence-electron chi connectivity index (χ3n) is 4.21. The van der Waals surface area contributed by atoms with Crippen molar-refractivity contribution in [1.29, 1.82) is 0 Å². The number of sulfone groups is 1. The van der Waals surface area contributed by atoms with Crippen molar-refractivity contribution >= 4 is 15.7 Å². The van der Waals surface area contributed by atoms with Crippen LogP contribution in [0.5, 0.6) is 0 Å². The number of hydrogen-bond donors (Lipinski definition) is 2. The number of benzene rings is 1. The summed E-state index contributed by atoms with van der Waals surface area (Å²) in [5.41, 5.74) is 1.19. The number of aromatic nitrogens is 2. The maximum atomic E-state index is 12.2. The molecule has 2 N–H and O–H groups in total. The van der Waals surface area contributed by atoms with Crippen LogP contribution in [-0.2, 0) is 9.84 Å². The maximum absolute atomic E-state index is 12.2. The van der Waals surface area contributed by atoms with Crippen LogP contribution in [-0.4, -0.2) is 42.3 Å². The maximum Gasteiger partial charge on any atom is 0.264 e. The number of amides is 1. The molecule has 1 fully saturated rings. The molecule has 2 aromatic rings. The molecule has 1 aliphatic rings. The molecule has 0 spiro atoms. The van der Waals surface area contributed by atoms with Crippen LogP contribution >= 0.6 is 0 Å². The van der Waals surface area contributed by atoms with Gasteiger partial charge in [-0.3, -0.25) is 9.59 Å². The van der Waals surface area contributed by atoms with E-state index in [0.717, 1.165) is 11.1 Å². The fraction of sp³-hybridized carbons (Fsp3) is 0.353. The van der Waals surface area contributed by atoms with Crippen molar-refractivity contribution in [2.75, 3.05) is 18.1 Å². The quantitative estimate of drug-likeness (QED) is 0.841. The molecule has 132 valence electrons. The van der Waals surface area contributed by atoms with Crippen molar-refractivity contribution in [3.05, 3.63) is 51.9 Å². The number of nitrogens with one attached hydrogen (secondary N) is 2. The molecule has 8 heteroatoms. The van der Waals surface area contributed by atoms with Gasteiger partial charge < -0.3 is 10.3 Å². The highest BCUT2D eigenvalue weighted by molar-refractivity contribution is 7.91. The summed E-state index contributed by atoms with van der Waals surface area (Å²) in [6.07, 6.45) is 1.78. The van der Waals surface area contributed by atoms with Crippen molar-refractivity contribution < 1.29 is 13.2 Å². The highest BCUT2D eigenvalue weighted by Gasteiger charge is 2.28. The van der Waals surface area contributed by atoms with E-state index in [4.69, 9.17) is 0 Å². The minimum atomic E-state index is -2.99. The number of carbonyl (C=O) groups is 1. The summed E-state index contributed by atoms with van der Waals surface area (Å²) >= 11 is 0. The minimum Gasteiger partial charge on any atom is -0.352 e. The molecule has 0 aliphatic carbocycles. The standard InChI is InChI=1S/C17H19N3O4S/c1-11-3-2-4-13(7-11)15-18-9-14(17(22)20-15)16(21)19-8-12-5-6-25(23,24)10-12/h2-4,7,9,12H,5-6,8,10H2,1H3,(H,19,21)(H,18,20,22). The largest absolute Gasteiger partial charge is 0.352 e. The Hall–Kier alpha value is -2.48. The van der Waals surface area contributed by atoms with Crippen molar-refractivity contribution in [1.82, 2.24) is 15.3 Å². The van der Waals surface area contributed by atoms with Crippen LogP contribution < -0.4 is 10.9 Å². The summed E-state index contributed by atoms with van der Waals surface area (Å²) < 4.78 is 22.9. The normalized spacial score (nSPS) is 18.8. The Balaban J connectivity index is 1.70. The number of hydrogen-bond acceptors (Lipinski definition) is 5. The predicted molar refractivity (Wildman–Crippen MR) is 94.1 cm³/mol. The molecule has 0 bridgehead atoms. The highest BCUT2D eigenvalue weighted by Crippen LogP contribution is 2.17. The van der Waals surface area contributed by atoms with E-state index in [1.165, 1.54) is 6.20 Å². The van der Waals surface area contributed by atoms with Crippen LogP contribution in [0.2, 0.25) is 0 Å². The van der Waals surface area contributed by atoms with Crippen LogP contribution in [0.25, 0.3) is 11.4 Å². The Morgan fingerprint density at radius 1 is 1.40 bits per heavy atom. The van der Waals surface area contributed by atoms with Gasteiger partial charge in [-0.1, -0.05) is 23.8 Å². The SMILES string of the molecule is Cc1cccc(-c2ncc(C(=O)NCC3CCS(=O)(=O)C3)c(=O)[nH]2)c1. The number of aryl methyl sites for hydroxylation is 1. The van der Waals surface area contributed by atoms with E-state index >= 15 is 0 Å². The lowest BCUT2D eigenvalue weighted by molar-refractivity contribution is 0.0946. The first kappa shape index (κ1) is 17.3. The number of aromatic amines is 1. The van der Waals surface area contributed by atoms with Crippen LogP contribution in [0.1, 0.15) is 22.3 Å². The summed E-state index contributed by atoms with van der Waals surface area (Å²) in [5.74, 6) is -0.0248. The lowest BCUT2D eigenvalue weighted by Crippen LogP contribution is -2.33. The molecule has 0 saturated carbocycles. The third kappa shape index (κ3) is 4.14. The zero-order valence-corrected chi connectivity index (χ0v) is 14.6. The zero-order valence-electron chi connectivity index (χ0n) is 13.8. The fourth-order valence-electron chi connectivity index (χ4n) is 2.86. The molecule has 1 amide bonds. The lowest BCUT2D eigenvalue weighted by Gasteiger charge is -2.09. The monoisotopic (exact) mass is 361 g/mol. The van der Waals surface area contributed by atoms with Gasteiger partial charge in [0.25, 0.3) is 11.5 Å². The first-order valence-electron chi connectivity index (χ1n) is 7.99. The van der Waals surface area contributed by atoms with Gasteiger partial charge in [-0.05, 0) is 25.3 Å². The first-order valence-corrected chi connectivity index (χ1v) is 9.81. The van der Waals surface area contributed by atoms with Crippen molar-refractivity contribution in [2.24, 2.45) is 5.92 Å². The summed E-state index contributed by atoms with van der Waals surface area (Å²) in [4.78, 5) is 31.1. The summed E-state index contributed by atoms with van der Waals surface area (Å²) in [6, 6.07) is 7.51. The zero-order chi connectivity index (χ0) is 18.0. The smallest absolute Gasteiger partial charge is 0.264 e. The Bertz CT molecular complexity index is 966. The van der Waals surface area contributed by atoms with Crippen LogP contribution in [0, 0.1) is 12.8 Å². The van der Waals surface area contributed by atoms with Crippen molar-refractivity contribution in [2.45, 2.75) is 13.3 Å². The molecule has 7 nitrogen and oxygen atoms in total. The van der Waals surface area contributed by atoms with Gasteiger partial charge in [-0.15, -0.1) is 0 Å². The lowest BCUT2D eigenvalue weighted by atomic mass is 10.1. The second-order valence-corrected chi connectivity index (χ2v) is 8.55. The van der Waals surface area contributed by atoms with E-state index in [0.29, 0.717) is 12.2 Å². The van der Waals surface area contributed by atoms with E-state index in [2.05, 4.69) is 15.3 Å². The van der Waals surface area contributed by atoms with E-state index < -0.39 is 21.3 Å². The second-order valence-electron chi connectivity index (χ2n) is 6.32. The van der Waals surface area contributed by atoms with E-state index in [9.17, 15) is 18.0 Å². The van der Waals surface area contributed by atoms with Gasteiger partial charge in [-0.2, -0.15) is 0 Å². The van der Waals surface area contributed by atoms with Crippen molar-refractivity contribution in [3.63, 3.8) is 0 Å². The van der Waals surface area contributed by atoms with Crippen LogP contribution in [0.15, 0.2) is 35.3 Å². The van der Waals surface area contributed by atoms with E-state index in [1.807, 2.05) is 31.2 Å². The van der Waals surface area contributed by atoms with E-state index in [-0.39, 0.29) is 29.5 Å². The molecule has 3 rings (SSSR count). The topological polar surface area (TPSA) is 109 Å². The van der Waals surface area contributed by atoms with Gasteiger partial charge in [0.15, 0.2) is 9.84 Å². The van der Waals surface area contributed by atoms with Crippen LogP contribution in [0.4, 0.5) is 0 Å². The average Bonchev–Trinajstić information content (AvgIpc) is 2.91. The average molecular weight is 361 g/mol. The number of H-pyrrole nitrogens is 1. The second kappa shape index (κ2) is 6.79. The molecular formula is C17H19N3O4S. The first-order chi connectivity index (χ1) is 11.8. The minimum absolute atomic E-state index is 0.0776. The third-order valence-corrected chi connectivity index (χ3v) is 6.05. The molecule has 2 heterocycles. The number of carbonyl (C=O) groups excluding carboxylic acids is 1. The fourth-order valence-corrected chi connectivity index (χ4v) is 4.72. The summed E-state index contributed by atoms with van der Waals surface area (Å²) in [6.45, 7) is 2.17. The molecule has 25 heavy (non-hydrogen) atoms. The van der Waals surface area contributed by atoms with Crippen molar-refractivity contribution in [3.8, 4) is 11.4 Å². The number of rotatable bonds is 4. The molecule has 0 radical (unpaired) electrons. The molecule has 1 aromatic heterocycles. The Labute approximate surface area is 145 Å². The molecule has 1 unspecified atom stereocenters. The Morgan fingerprint density at radius 2 is 2.20 bits per heavy atom. The van der Waals surface area contributed by atoms with Gasteiger partial charge in [0.05, 0.1) is 11.5 Å². The molecule has 1 atom stereocenters. The summed E-state index contributed by atoms with van der Waals surface area (Å²) in [7, 11) is -2.99. The summed E-state index contributed by atoms with van der Waals surface area (Å²) in [5, 5.41) is 2.62. The van der Waals surface area contributed by atoms with Gasteiger partial charge in [0.1, 0.15) is 11.4 Å². The van der Waals surface area contributed by atoms with Gasteiger partial charge >= 0.3 is 0 Å². The molecule has 1 aromatic carbocycles.